The molecule has 0 spiro atoms. The van der Waals surface area contributed by atoms with Crippen molar-refractivity contribution in [1.29, 1.82) is 0 Å². The van der Waals surface area contributed by atoms with E-state index in [1.54, 1.807) is 73.1 Å². The zero-order chi connectivity index (χ0) is 31.4. The lowest BCUT2D eigenvalue weighted by atomic mass is 10.2. The summed E-state index contributed by atoms with van der Waals surface area (Å²) in [6.07, 6.45) is 4.78. The summed E-state index contributed by atoms with van der Waals surface area (Å²) in [6.45, 7) is 2.54. The lowest BCUT2D eigenvalue weighted by Crippen LogP contribution is -2.30. The van der Waals surface area contributed by atoms with Crippen LogP contribution in [0.3, 0.4) is 0 Å². The molecule has 0 saturated carbocycles. The van der Waals surface area contributed by atoms with Gasteiger partial charge < -0.3 is 20.7 Å². The van der Waals surface area contributed by atoms with Crippen molar-refractivity contribution < 1.29 is 19.1 Å². The molecule has 11 heteroatoms. The zero-order valence-electron chi connectivity index (χ0n) is 24.2. The number of nitrogens with one attached hydrogen (secondary N) is 3. The topological polar surface area (TPSA) is 122 Å². The number of ether oxygens (including phenoxy) is 1. The van der Waals surface area contributed by atoms with Crippen LogP contribution in [0.15, 0.2) is 119 Å². The van der Waals surface area contributed by atoms with Gasteiger partial charge in [-0.1, -0.05) is 30.3 Å². The summed E-state index contributed by atoms with van der Waals surface area (Å²) >= 11 is 2.68. The van der Waals surface area contributed by atoms with E-state index in [1.165, 1.54) is 23.1 Å². The van der Waals surface area contributed by atoms with Crippen LogP contribution in [0.1, 0.15) is 22.8 Å². The first-order valence-electron chi connectivity index (χ1n) is 14.0. The summed E-state index contributed by atoms with van der Waals surface area (Å²) in [5, 5.41) is 10.8. The highest BCUT2D eigenvalue weighted by atomic mass is 32.2. The molecular formula is C34H29N5O4S2. The smallest absolute Gasteiger partial charge is 0.272 e. The van der Waals surface area contributed by atoms with Crippen molar-refractivity contribution in [1.82, 2.24) is 15.3 Å². The molecule has 5 aromatic rings. The van der Waals surface area contributed by atoms with Crippen LogP contribution >= 0.6 is 23.1 Å². The molecule has 0 aliphatic carbocycles. The third-order valence-electron chi connectivity index (χ3n) is 6.20. The minimum Gasteiger partial charge on any atom is -0.494 e. The van der Waals surface area contributed by atoms with E-state index < -0.39 is 11.8 Å². The Morgan fingerprint density at radius 1 is 0.933 bits per heavy atom. The van der Waals surface area contributed by atoms with Crippen molar-refractivity contribution in [2.75, 3.05) is 23.0 Å². The van der Waals surface area contributed by atoms with Gasteiger partial charge >= 0.3 is 0 Å². The van der Waals surface area contributed by atoms with E-state index >= 15 is 0 Å². The fraction of sp³-hybridized carbons (Fsp3) is 0.0882. The molecule has 0 aliphatic heterocycles. The minimum absolute atomic E-state index is 0.0577. The van der Waals surface area contributed by atoms with E-state index in [2.05, 4.69) is 25.9 Å². The van der Waals surface area contributed by atoms with Crippen LogP contribution in [0.5, 0.6) is 5.75 Å². The molecule has 9 nitrogen and oxygen atoms in total. The van der Waals surface area contributed by atoms with Crippen LogP contribution in [0.2, 0.25) is 0 Å². The molecule has 5 rings (SSSR count). The lowest BCUT2D eigenvalue weighted by molar-refractivity contribution is -0.114. The van der Waals surface area contributed by atoms with Crippen LogP contribution < -0.4 is 20.7 Å². The number of carbonyl (C=O) groups excluding carboxylic acids is 3. The Morgan fingerprint density at radius 2 is 1.76 bits per heavy atom. The predicted molar refractivity (Wildman–Crippen MR) is 179 cm³/mol. The monoisotopic (exact) mass is 635 g/mol. The summed E-state index contributed by atoms with van der Waals surface area (Å²) in [5.74, 6) is -0.179. The number of hydrogen-bond donors (Lipinski definition) is 3. The summed E-state index contributed by atoms with van der Waals surface area (Å²) in [7, 11) is 0. The first-order valence-corrected chi connectivity index (χ1v) is 15.8. The molecule has 0 fully saturated rings. The van der Waals surface area contributed by atoms with Gasteiger partial charge in [0, 0.05) is 39.5 Å². The SMILES string of the molecule is CCOc1ccc(-c2csc(NC(=O)CSc3cccc(NC(=O)/C(=C/c4cccnc4)NC(=O)c4ccccc4)c3)n2)cc1. The maximum atomic E-state index is 13.3. The maximum Gasteiger partial charge on any atom is 0.272 e. The van der Waals surface area contributed by atoms with Crippen LogP contribution in [0, 0.1) is 0 Å². The van der Waals surface area contributed by atoms with E-state index in [-0.39, 0.29) is 17.4 Å². The second-order valence-corrected chi connectivity index (χ2v) is 11.4. The first-order chi connectivity index (χ1) is 22.0. The molecule has 226 valence electrons. The standard InChI is InChI=1S/C34H29N5O4S2/c1-2-43-27-15-13-24(14-16-27)30-21-45-34(38-30)39-31(40)22-44-28-12-6-11-26(19-28)36-33(42)29(18-23-8-7-17-35-20-23)37-32(41)25-9-4-3-5-10-25/h3-21H,2,22H2,1H3,(H,36,42)(H,37,41)(H,38,39,40)/b29-18-. The Bertz CT molecular complexity index is 1790. The number of thiazole rings is 1. The van der Waals surface area contributed by atoms with Gasteiger partial charge in [-0.3, -0.25) is 19.4 Å². The largest absolute Gasteiger partial charge is 0.494 e. The van der Waals surface area contributed by atoms with Crippen LogP contribution in [0.25, 0.3) is 17.3 Å². The molecule has 0 aliphatic rings. The van der Waals surface area contributed by atoms with Crippen LogP contribution in [-0.4, -0.2) is 40.0 Å². The van der Waals surface area contributed by atoms with Crippen molar-refractivity contribution >= 4 is 57.7 Å². The van der Waals surface area contributed by atoms with Gasteiger partial charge in [-0.05, 0) is 79.2 Å². The Morgan fingerprint density at radius 3 is 2.51 bits per heavy atom. The molecule has 2 heterocycles. The van der Waals surface area contributed by atoms with E-state index in [9.17, 15) is 14.4 Å². The Hall–Kier alpha value is -5.26. The summed E-state index contributed by atoms with van der Waals surface area (Å²) in [5.41, 5.74) is 3.34. The van der Waals surface area contributed by atoms with Crippen molar-refractivity contribution in [2.24, 2.45) is 0 Å². The molecule has 3 N–H and O–H groups in total. The average Bonchev–Trinajstić information content (AvgIpc) is 3.53. The van der Waals surface area contributed by atoms with Crippen molar-refractivity contribution in [3.05, 3.63) is 126 Å². The van der Waals surface area contributed by atoms with E-state index in [0.29, 0.717) is 28.6 Å². The van der Waals surface area contributed by atoms with Gasteiger partial charge in [0.15, 0.2) is 5.13 Å². The Kier molecular flexibility index (Phi) is 10.7. The van der Waals surface area contributed by atoms with E-state index in [1.807, 2.05) is 48.7 Å². The highest BCUT2D eigenvalue weighted by Crippen LogP contribution is 2.27. The van der Waals surface area contributed by atoms with Gasteiger partial charge in [0.2, 0.25) is 5.91 Å². The van der Waals surface area contributed by atoms with Gasteiger partial charge in [0.05, 0.1) is 18.1 Å². The van der Waals surface area contributed by atoms with Gasteiger partial charge in [0.25, 0.3) is 11.8 Å². The van der Waals surface area contributed by atoms with E-state index in [0.717, 1.165) is 21.9 Å². The number of anilines is 2. The molecule has 3 amide bonds. The summed E-state index contributed by atoms with van der Waals surface area (Å²) in [4.78, 5) is 48.3. The fourth-order valence-electron chi connectivity index (χ4n) is 4.09. The zero-order valence-corrected chi connectivity index (χ0v) is 25.9. The van der Waals surface area contributed by atoms with Gasteiger partial charge in [0.1, 0.15) is 11.4 Å². The quantitative estimate of drug-likeness (QED) is 0.102. The highest BCUT2D eigenvalue weighted by molar-refractivity contribution is 8.00. The predicted octanol–water partition coefficient (Wildman–Crippen LogP) is 6.74. The number of benzene rings is 3. The summed E-state index contributed by atoms with van der Waals surface area (Å²) < 4.78 is 5.49. The second-order valence-electron chi connectivity index (χ2n) is 9.48. The van der Waals surface area contributed by atoms with Crippen molar-refractivity contribution in [3.8, 4) is 17.0 Å². The maximum absolute atomic E-state index is 13.3. The first kappa shape index (κ1) is 31.2. The number of amides is 3. The molecular weight excluding hydrogens is 607 g/mol. The number of aromatic nitrogens is 2. The number of rotatable bonds is 12. The number of carbonyl (C=O) groups is 3. The van der Waals surface area contributed by atoms with Crippen LogP contribution in [0.4, 0.5) is 10.8 Å². The molecule has 2 aromatic heterocycles. The molecule has 0 atom stereocenters. The molecule has 0 saturated heterocycles. The van der Waals surface area contributed by atoms with Crippen molar-refractivity contribution in [3.63, 3.8) is 0 Å². The highest BCUT2D eigenvalue weighted by Gasteiger charge is 2.16. The number of hydrogen-bond acceptors (Lipinski definition) is 8. The van der Waals surface area contributed by atoms with Crippen LogP contribution in [-0.2, 0) is 9.59 Å². The third-order valence-corrected chi connectivity index (χ3v) is 7.95. The van der Waals surface area contributed by atoms with E-state index in [4.69, 9.17) is 4.74 Å². The third kappa shape index (κ3) is 9.12. The number of thioether (sulfide) groups is 1. The number of pyridine rings is 1. The fourth-order valence-corrected chi connectivity index (χ4v) is 5.58. The molecule has 0 unspecified atom stereocenters. The lowest BCUT2D eigenvalue weighted by Gasteiger charge is -2.12. The van der Waals surface area contributed by atoms with Gasteiger partial charge in [-0.15, -0.1) is 23.1 Å². The molecule has 0 bridgehead atoms. The Balaban J connectivity index is 1.19. The summed E-state index contributed by atoms with van der Waals surface area (Å²) in [6, 6.07) is 27.0. The molecule has 45 heavy (non-hydrogen) atoms. The normalized spacial score (nSPS) is 11.0. The van der Waals surface area contributed by atoms with Gasteiger partial charge in [-0.25, -0.2) is 4.98 Å². The Labute approximate surface area is 268 Å². The second kappa shape index (κ2) is 15.5. The average molecular weight is 636 g/mol. The minimum atomic E-state index is -0.505. The van der Waals surface area contributed by atoms with Gasteiger partial charge in [-0.2, -0.15) is 0 Å². The molecule has 3 aromatic carbocycles. The van der Waals surface area contributed by atoms with Crippen molar-refractivity contribution in [2.45, 2.75) is 11.8 Å². The number of nitrogens with zero attached hydrogens (tertiary/aromatic N) is 2. The molecule has 0 radical (unpaired) electrons.